The normalized spacial score (nSPS) is 17.0. The van der Waals surface area contributed by atoms with Crippen molar-refractivity contribution >= 4 is 11.6 Å². The molecule has 2 heterocycles. The first kappa shape index (κ1) is 14.4. The fraction of sp³-hybridized carbons (Fsp3) is 0.438. The fourth-order valence-electron chi connectivity index (χ4n) is 2.66. The predicted molar refractivity (Wildman–Crippen MR) is 83.8 cm³/mol. The summed E-state index contributed by atoms with van der Waals surface area (Å²) in [5.41, 5.74) is 0. The van der Waals surface area contributed by atoms with Gasteiger partial charge in [-0.25, -0.2) is 0 Å². The topological polar surface area (TPSA) is 30.3 Å². The lowest BCUT2D eigenvalue weighted by Crippen LogP contribution is -2.39. The lowest BCUT2D eigenvalue weighted by molar-refractivity contribution is 0.0980. The minimum absolute atomic E-state index is 0.296. The molecule has 1 fully saturated rings. The maximum absolute atomic E-state index is 6.01. The molecule has 0 radical (unpaired) electrons. The number of likely N-dealkylation sites (tertiary alicyclic amines) is 1. The molecule has 0 N–H and O–H groups in total. The van der Waals surface area contributed by atoms with Crippen LogP contribution in [0.15, 0.2) is 42.7 Å². The highest BCUT2D eigenvalue weighted by Gasteiger charge is 2.20. The number of benzene rings is 1. The molecule has 1 aliphatic heterocycles. The molecule has 0 spiro atoms. The van der Waals surface area contributed by atoms with E-state index in [1.54, 1.807) is 0 Å². The van der Waals surface area contributed by atoms with Crippen LogP contribution in [-0.4, -0.2) is 40.4 Å². The van der Waals surface area contributed by atoms with E-state index in [-0.39, 0.29) is 0 Å². The van der Waals surface area contributed by atoms with Crippen molar-refractivity contribution in [3.05, 3.63) is 47.7 Å². The third kappa shape index (κ3) is 4.22. The quantitative estimate of drug-likeness (QED) is 0.850. The summed E-state index contributed by atoms with van der Waals surface area (Å²) in [5.74, 6) is 0.873. The van der Waals surface area contributed by atoms with Crippen LogP contribution < -0.4 is 4.74 Å². The monoisotopic (exact) mass is 305 g/mol. The van der Waals surface area contributed by atoms with Crippen LogP contribution in [0.25, 0.3) is 0 Å². The summed E-state index contributed by atoms with van der Waals surface area (Å²) in [6.45, 7) is 4.15. The zero-order valence-electron chi connectivity index (χ0n) is 12.0. The Kier molecular flexibility index (Phi) is 4.78. The van der Waals surface area contributed by atoms with Crippen molar-refractivity contribution in [3.8, 4) is 5.75 Å². The number of ether oxygens (including phenoxy) is 1. The van der Waals surface area contributed by atoms with E-state index in [1.165, 1.54) is 0 Å². The maximum Gasteiger partial charge on any atom is 0.121 e. The molecule has 1 aromatic heterocycles. The van der Waals surface area contributed by atoms with Crippen LogP contribution in [0.2, 0.25) is 5.02 Å². The smallest absolute Gasteiger partial charge is 0.121 e. The van der Waals surface area contributed by atoms with E-state index in [1.807, 2.05) is 47.4 Å². The molecule has 1 saturated heterocycles. The Hall–Kier alpha value is -1.52. The number of nitrogens with zero attached hydrogens (tertiary/aromatic N) is 3. The maximum atomic E-state index is 6.01. The lowest BCUT2D eigenvalue weighted by Gasteiger charge is -2.32. The second-order valence-corrected chi connectivity index (χ2v) is 5.82. The molecule has 21 heavy (non-hydrogen) atoms. The first-order valence-corrected chi connectivity index (χ1v) is 7.79. The van der Waals surface area contributed by atoms with Crippen molar-refractivity contribution in [2.45, 2.75) is 25.5 Å². The second kappa shape index (κ2) is 6.96. The lowest BCUT2D eigenvalue weighted by atomic mass is 10.1. The van der Waals surface area contributed by atoms with Gasteiger partial charge < -0.3 is 9.64 Å². The number of halogens is 1. The molecule has 0 amide bonds. The molecule has 5 heteroatoms. The number of rotatable bonds is 5. The highest BCUT2D eigenvalue weighted by Crippen LogP contribution is 2.22. The number of piperidine rings is 1. The zero-order chi connectivity index (χ0) is 14.5. The molecule has 0 atom stereocenters. The SMILES string of the molecule is Clc1cccc(OC2CCN(CCn3cccn3)CC2)c1. The molecule has 0 bridgehead atoms. The molecule has 0 saturated carbocycles. The fourth-order valence-corrected chi connectivity index (χ4v) is 2.84. The second-order valence-electron chi connectivity index (χ2n) is 5.39. The van der Waals surface area contributed by atoms with E-state index in [2.05, 4.69) is 10.00 Å². The number of hydrogen-bond donors (Lipinski definition) is 0. The Balaban J connectivity index is 1.42. The number of aromatic nitrogens is 2. The van der Waals surface area contributed by atoms with Crippen LogP contribution in [-0.2, 0) is 6.54 Å². The Morgan fingerprint density at radius 2 is 2.05 bits per heavy atom. The van der Waals surface area contributed by atoms with Gasteiger partial charge in [-0.3, -0.25) is 4.68 Å². The minimum Gasteiger partial charge on any atom is -0.490 e. The van der Waals surface area contributed by atoms with Crippen LogP contribution in [0.1, 0.15) is 12.8 Å². The molecule has 1 aromatic carbocycles. The van der Waals surface area contributed by atoms with Crippen molar-refractivity contribution < 1.29 is 4.74 Å². The third-order valence-electron chi connectivity index (χ3n) is 3.84. The highest BCUT2D eigenvalue weighted by atomic mass is 35.5. The average Bonchev–Trinajstić information content (AvgIpc) is 3.00. The van der Waals surface area contributed by atoms with Gasteiger partial charge in [-0.15, -0.1) is 0 Å². The van der Waals surface area contributed by atoms with Gasteiger partial charge in [0.25, 0.3) is 0 Å². The van der Waals surface area contributed by atoms with Gasteiger partial charge in [0.15, 0.2) is 0 Å². The van der Waals surface area contributed by atoms with E-state index >= 15 is 0 Å². The summed E-state index contributed by atoms with van der Waals surface area (Å²) >= 11 is 5.98. The summed E-state index contributed by atoms with van der Waals surface area (Å²) in [6.07, 6.45) is 6.25. The van der Waals surface area contributed by atoms with E-state index in [0.29, 0.717) is 6.10 Å². The van der Waals surface area contributed by atoms with Crippen molar-refractivity contribution in [3.63, 3.8) is 0 Å². The first-order chi connectivity index (χ1) is 10.3. The van der Waals surface area contributed by atoms with Gasteiger partial charge in [-0.2, -0.15) is 5.10 Å². The van der Waals surface area contributed by atoms with Crippen LogP contribution in [0.5, 0.6) is 5.75 Å². The van der Waals surface area contributed by atoms with Crippen LogP contribution in [0.4, 0.5) is 0 Å². The number of hydrogen-bond acceptors (Lipinski definition) is 3. The van der Waals surface area contributed by atoms with E-state index < -0.39 is 0 Å². The Labute approximate surface area is 130 Å². The Bertz CT molecular complexity index is 550. The molecular weight excluding hydrogens is 286 g/mol. The summed E-state index contributed by atoms with van der Waals surface area (Å²) in [7, 11) is 0. The Morgan fingerprint density at radius 3 is 2.76 bits per heavy atom. The molecule has 0 aliphatic carbocycles. The van der Waals surface area contributed by atoms with Gasteiger partial charge >= 0.3 is 0 Å². The molecule has 1 aliphatic rings. The highest BCUT2D eigenvalue weighted by molar-refractivity contribution is 6.30. The summed E-state index contributed by atoms with van der Waals surface area (Å²) in [6, 6.07) is 9.61. The van der Waals surface area contributed by atoms with Crippen LogP contribution in [0.3, 0.4) is 0 Å². The molecule has 3 rings (SSSR count). The molecular formula is C16H20ClN3O. The van der Waals surface area contributed by atoms with Gasteiger partial charge in [-0.05, 0) is 37.1 Å². The molecule has 0 unspecified atom stereocenters. The molecule has 112 valence electrons. The van der Waals surface area contributed by atoms with Crippen LogP contribution in [0, 0.1) is 0 Å². The predicted octanol–water partition coefficient (Wildman–Crippen LogP) is 3.08. The summed E-state index contributed by atoms with van der Waals surface area (Å²) < 4.78 is 7.99. The van der Waals surface area contributed by atoms with Gasteiger partial charge in [0, 0.05) is 37.1 Å². The van der Waals surface area contributed by atoms with E-state index in [0.717, 1.165) is 49.8 Å². The first-order valence-electron chi connectivity index (χ1n) is 7.41. The summed E-state index contributed by atoms with van der Waals surface area (Å²) in [5, 5.41) is 4.96. The van der Waals surface area contributed by atoms with Crippen molar-refractivity contribution in [1.82, 2.24) is 14.7 Å². The standard InChI is InChI=1S/C16H20ClN3O/c17-14-3-1-4-16(13-14)21-15-5-9-19(10-6-15)11-12-20-8-2-7-18-20/h1-4,7-8,13,15H,5-6,9-12H2. The van der Waals surface area contributed by atoms with Gasteiger partial charge in [-0.1, -0.05) is 17.7 Å². The average molecular weight is 306 g/mol. The largest absolute Gasteiger partial charge is 0.490 e. The minimum atomic E-state index is 0.296. The Morgan fingerprint density at radius 1 is 1.19 bits per heavy atom. The van der Waals surface area contributed by atoms with Crippen molar-refractivity contribution in [2.75, 3.05) is 19.6 Å². The van der Waals surface area contributed by atoms with E-state index in [4.69, 9.17) is 16.3 Å². The van der Waals surface area contributed by atoms with Gasteiger partial charge in [0.05, 0.1) is 6.54 Å². The third-order valence-corrected chi connectivity index (χ3v) is 4.07. The van der Waals surface area contributed by atoms with Crippen molar-refractivity contribution in [2.24, 2.45) is 0 Å². The molecule has 2 aromatic rings. The molecule has 4 nitrogen and oxygen atoms in total. The van der Waals surface area contributed by atoms with Crippen LogP contribution >= 0.6 is 11.6 Å². The summed E-state index contributed by atoms with van der Waals surface area (Å²) in [4.78, 5) is 2.47. The van der Waals surface area contributed by atoms with Crippen molar-refractivity contribution in [1.29, 1.82) is 0 Å². The zero-order valence-corrected chi connectivity index (χ0v) is 12.7. The van der Waals surface area contributed by atoms with E-state index in [9.17, 15) is 0 Å². The van der Waals surface area contributed by atoms with Gasteiger partial charge in [0.2, 0.25) is 0 Å². The van der Waals surface area contributed by atoms with Gasteiger partial charge in [0.1, 0.15) is 11.9 Å².